The molecule has 0 radical (unpaired) electrons. The Balaban J connectivity index is 2.30. The van der Waals surface area contributed by atoms with Crippen LogP contribution < -0.4 is 0 Å². The maximum absolute atomic E-state index is 12.6. The van der Waals surface area contributed by atoms with Gasteiger partial charge in [-0.05, 0) is 25.0 Å². The van der Waals surface area contributed by atoms with Gasteiger partial charge < -0.3 is 14.7 Å². The van der Waals surface area contributed by atoms with Gasteiger partial charge in [0.2, 0.25) is 0 Å². The molecule has 0 spiro atoms. The van der Waals surface area contributed by atoms with Gasteiger partial charge >= 0.3 is 0 Å². The Hall–Kier alpha value is -1.39. The van der Waals surface area contributed by atoms with Crippen LogP contribution >= 0.6 is 0 Å². The molecule has 0 saturated carbocycles. The molecule has 1 aliphatic heterocycles. The normalized spacial score (nSPS) is 19.9. The molecular weight excluding hydrogens is 230 g/mol. The van der Waals surface area contributed by atoms with E-state index < -0.39 is 0 Å². The third-order valence-corrected chi connectivity index (χ3v) is 3.39. The fourth-order valence-electron chi connectivity index (χ4n) is 2.37. The molecule has 18 heavy (non-hydrogen) atoms. The summed E-state index contributed by atoms with van der Waals surface area (Å²) in [5.41, 5.74) is 2.70. The topological polar surface area (TPSA) is 49.8 Å². The summed E-state index contributed by atoms with van der Waals surface area (Å²) in [6.45, 7) is 5.30. The van der Waals surface area contributed by atoms with Gasteiger partial charge in [0, 0.05) is 12.1 Å². The number of benzene rings is 1. The number of carbonyl (C=O) groups is 1. The number of aliphatic hydroxyl groups is 1. The maximum atomic E-state index is 12.6. The fourth-order valence-corrected chi connectivity index (χ4v) is 2.37. The molecule has 4 heteroatoms. The van der Waals surface area contributed by atoms with Crippen molar-refractivity contribution in [2.45, 2.75) is 19.9 Å². The zero-order chi connectivity index (χ0) is 13.1. The lowest BCUT2D eigenvalue weighted by Gasteiger charge is -2.35. The molecule has 1 aliphatic rings. The lowest BCUT2D eigenvalue weighted by Crippen LogP contribution is -2.50. The second-order valence-electron chi connectivity index (χ2n) is 4.68. The van der Waals surface area contributed by atoms with E-state index in [-0.39, 0.29) is 18.6 Å². The van der Waals surface area contributed by atoms with Gasteiger partial charge in [-0.25, -0.2) is 0 Å². The molecule has 4 nitrogen and oxygen atoms in total. The van der Waals surface area contributed by atoms with Gasteiger partial charge in [0.05, 0.1) is 25.9 Å². The second-order valence-corrected chi connectivity index (χ2v) is 4.68. The van der Waals surface area contributed by atoms with Crippen molar-refractivity contribution in [3.63, 3.8) is 0 Å². The highest BCUT2D eigenvalue weighted by molar-refractivity contribution is 5.97. The monoisotopic (exact) mass is 249 g/mol. The van der Waals surface area contributed by atoms with E-state index in [1.54, 1.807) is 4.90 Å². The molecule has 1 aromatic rings. The minimum absolute atomic E-state index is 0.00653. The van der Waals surface area contributed by atoms with Gasteiger partial charge in [0.25, 0.3) is 5.91 Å². The van der Waals surface area contributed by atoms with E-state index in [1.807, 2.05) is 32.0 Å². The van der Waals surface area contributed by atoms with Crippen molar-refractivity contribution < 1.29 is 14.6 Å². The van der Waals surface area contributed by atoms with Crippen LogP contribution in [0, 0.1) is 13.8 Å². The molecule has 0 aromatic heterocycles. The number of rotatable bonds is 2. The van der Waals surface area contributed by atoms with Gasteiger partial charge in [-0.3, -0.25) is 4.79 Å². The van der Waals surface area contributed by atoms with Crippen LogP contribution in [0.4, 0.5) is 0 Å². The van der Waals surface area contributed by atoms with E-state index in [1.165, 1.54) is 0 Å². The highest BCUT2D eigenvalue weighted by atomic mass is 16.5. The van der Waals surface area contributed by atoms with E-state index in [0.717, 1.165) is 16.7 Å². The molecule has 1 unspecified atom stereocenters. The largest absolute Gasteiger partial charge is 0.394 e. The molecular formula is C14H19NO3. The van der Waals surface area contributed by atoms with Crippen LogP contribution in [-0.4, -0.2) is 48.3 Å². The molecule has 1 atom stereocenters. The summed E-state index contributed by atoms with van der Waals surface area (Å²) < 4.78 is 5.30. The standard InChI is InChI=1S/C14H19NO3/c1-10-4-3-5-11(2)13(10)14(17)15-6-7-18-9-12(15)8-16/h3-5,12,16H,6-9H2,1-2H3. The SMILES string of the molecule is Cc1cccc(C)c1C(=O)N1CCOCC1CO. The number of carbonyl (C=O) groups excluding carboxylic acids is 1. The Morgan fingerprint density at radius 1 is 1.44 bits per heavy atom. The van der Waals surface area contributed by atoms with E-state index in [4.69, 9.17) is 4.74 Å². The van der Waals surface area contributed by atoms with Crippen molar-refractivity contribution in [3.05, 3.63) is 34.9 Å². The first-order valence-corrected chi connectivity index (χ1v) is 6.21. The number of ether oxygens (including phenoxy) is 1. The molecule has 1 N–H and O–H groups in total. The van der Waals surface area contributed by atoms with Crippen LogP contribution in [0.2, 0.25) is 0 Å². The number of aliphatic hydroxyl groups excluding tert-OH is 1. The quantitative estimate of drug-likeness (QED) is 0.855. The lowest BCUT2D eigenvalue weighted by molar-refractivity contribution is -0.0184. The van der Waals surface area contributed by atoms with E-state index in [9.17, 15) is 9.90 Å². The second kappa shape index (κ2) is 5.50. The third kappa shape index (κ3) is 2.40. The first kappa shape index (κ1) is 13.1. The molecule has 1 fully saturated rings. The van der Waals surface area contributed by atoms with Gasteiger partial charge in [0.1, 0.15) is 0 Å². The Kier molecular flexibility index (Phi) is 3.99. The lowest BCUT2D eigenvalue weighted by atomic mass is 10.0. The number of nitrogens with zero attached hydrogens (tertiary/aromatic N) is 1. The van der Waals surface area contributed by atoms with E-state index in [2.05, 4.69) is 0 Å². The average molecular weight is 249 g/mol. The van der Waals surface area contributed by atoms with Crippen molar-refractivity contribution in [2.75, 3.05) is 26.4 Å². The van der Waals surface area contributed by atoms with Crippen LogP contribution in [0.5, 0.6) is 0 Å². The molecule has 1 amide bonds. The van der Waals surface area contributed by atoms with Crippen LogP contribution in [0.3, 0.4) is 0 Å². The molecule has 2 rings (SSSR count). The van der Waals surface area contributed by atoms with Gasteiger partial charge in [-0.2, -0.15) is 0 Å². The summed E-state index contributed by atoms with van der Waals surface area (Å²) in [7, 11) is 0. The Morgan fingerprint density at radius 3 is 2.72 bits per heavy atom. The number of hydrogen-bond acceptors (Lipinski definition) is 3. The molecule has 1 aromatic carbocycles. The molecule has 98 valence electrons. The summed E-state index contributed by atoms with van der Waals surface area (Å²) in [5, 5.41) is 9.32. The van der Waals surface area contributed by atoms with E-state index in [0.29, 0.717) is 19.8 Å². The minimum atomic E-state index is -0.231. The summed E-state index contributed by atoms with van der Waals surface area (Å²) in [6.07, 6.45) is 0. The van der Waals surface area contributed by atoms with Gasteiger partial charge in [0.15, 0.2) is 0 Å². The van der Waals surface area contributed by atoms with Crippen molar-refractivity contribution >= 4 is 5.91 Å². The molecule has 1 heterocycles. The summed E-state index contributed by atoms with van der Waals surface area (Å²) >= 11 is 0. The Bertz CT molecular complexity index is 424. The first-order chi connectivity index (χ1) is 8.65. The molecule has 0 bridgehead atoms. The van der Waals surface area contributed by atoms with Crippen LogP contribution in [0.25, 0.3) is 0 Å². The number of amides is 1. The Morgan fingerprint density at radius 2 is 2.11 bits per heavy atom. The van der Waals surface area contributed by atoms with Crippen molar-refractivity contribution in [1.82, 2.24) is 4.90 Å². The smallest absolute Gasteiger partial charge is 0.254 e. The fraction of sp³-hybridized carbons (Fsp3) is 0.500. The highest BCUT2D eigenvalue weighted by Gasteiger charge is 2.28. The van der Waals surface area contributed by atoms with Gasteiger partial charge in [-0.15, -0.1) is 0 Å². The van der Waals surface area contributed by atoms with Crippen LogP contribution in [-0.2, 0) is 4.74 Å². The van der Waals surface area contributed by atoms with Crippen molar-refractivity contribution in [2.24, 2.45) is 0 Å². The predicted molar refractivity (Wildman–Crippen MR) is 68.6 cm³/mol. The summed E-state index contributed by atoms with van der Waals surface area (Å²) in [4.78, 5) is 14.3. The number of aryl methyl sites for hydroxylation is 2. The zero-order valence-corrected chi connectivity index (χ0v) is 10.8. The Labute approximate surface area is 107 Å². The number of morpholine rings is 1. The van der Waals surface area contributed by atoms with Crippen molar-refractivity contribution in [1.29, 1.82) is 0 Å². The summed E-state index contributed by atoms with van der Waals surface area (Å²) in [6, 6.07) is 5.60. The van der Waals surface area contributed by atoms with Crippen LogP contribution in [0.15, 0.2) is 18.2 Å². The third-order valence-electron chi connectivity index (χ3n) is 3.39. The zero-order valence-electron chi connectivity index (χ0n) is 10.8. The van der Waals surface area contributed by atoms with Gasteiger partial charge in [-0.1, -0.05) is 18.2 Å². The van der Waals surface area contributed by atoms with Crippen LogP contribution in [0.1, 0.15) is 21.5 Å². The molecule has 1 saturated heterocycles. The van der Waals surface area contributed by atoms with Crippen molar-refractivity contribution in [3.8, 4) is 0 Å². The molecule has 0 aliphatic carbocycles. The summed E-state index contributed by atoms with van der Waals surface area (Å²) in [5.74, 6) is -0.00653. The number of hydrogen-bond donors (Lipinski definition) is 1. The highest BCUT2D eigenvalue weighted by Crippen LogP contribution is 2.18. The predicted octanol–water partition coefficient (Wildman–Crippen LogP) is 1.14. The first-order valence-electron chi connectivity index (χ1n) is 6.21. The average Bonchev–Trinajstić information content (AvgIpc) is 2.38. The minimum Gasteiger partial charge on any atom is -0.394 e. The maximum Gasteiger partial charge on any atom is 0.254 e. The van der Waals surface area contributed by atoms with E-state index >= 15 is 0 Å².